The van der Waals surface area contributed by atoms with Gasteiger partial charge in [-0.25, -0.2) is 8.42 Å². The fourth-order valence-corrected chi connectivity index (χ4v) is 5.76. The Kier molecular flexibility index (Phi) is 12.1. The van der Waals surface area contributed by atoms with Crippen molar-refractivity contribution in [2.75, 3.05) is 40.4 Å². The van der Waals surface area contributed by atoms with E-state index in [-0.39, 0.29) is 23.0 Å². The molecule has 11 heteroatoms. The predicted octanol–water partition coefficient (Wildman–Crippen LogP) is 4.71. The standard InChI is InChI=1S/C25H39F3N2O5S/c1-4-34-24(31)19-29(2)17-7-5-6-8-18-35-22-13-11-21(12-14-22)30(3)36(32,33)23-15-9-20(10-16-23)25(26,27)28/h9-10,15-16,21-22H,4-8,11-14,17-19H2,1-3H3/t21-,22-. The number of rotatable bonds is 14. The summed E-state index contributed by atoms with van der Waals surface area (Å²) in [6, 6.07) is 3.42. The maximum Gasteiger partial charge on any atom is 0.416 e. The van der Waals surface area contributed by atoms with Crippen molar-refractivity contribution < 1.29 is 35.9 Å². The van der Waals surface area contributed by atoms with Crippen LogP contribution in [0.2, 0.25) is 0 Å². The minimum Gasteiger partial charge on any atom is -0.465 e. The number of benzene rings is 1. The van der Waals surface area contributed by atoms with Crippen molar-refractivity contribution in [1.29, 1.82) is 0 Å². The van der Waals surface area contributed by atoms with Gasteiger partial charge in [-0.2, -0.15) is 17.5 Å². The first-order valence-electron chi connectivity index (χ1n) is 12.6. The van der Waals surface area contributed by atoms with Crippen LogP contribution in [-0.4, -0.2) is 76.1 Å². The maximum absolute atomic E-state index is 12.9. The van der Waals surface area contributed by atoms with E-state index in [1.54, 1.807) is 6.92 Å². The van der Waals surface area contributed by atoms with E-state index in [1.807, 2.05) is 11.9 Å². The first kappa shape index (κ1) is 30.5. The molecule has 7 nitrogen and oxygen atoms in total. The topological polar surface area (TPSA) is 76.2 Å². The average Bonchev–Trinajstić information content (AvgIpc) is 2.83. The van der Waals surface area contributed by atoms with Gasteiger partial charge < -0.3 is 9.47 Å². The number of sulfonamides is 1. The normalized spacial score (nSPS) is 19.1. The van der Waals surface area contributed by atoms with E-state index in [4.69, 9.17) is 9.47 Å². The number of halogens is 3. The molecule has 0 heterocycles. The molecule has 0 atom stereocenters. The SMILES string of the molecule is CCOC(=O)CN(C)CCCCCCO[C@H]1CC[C@H](N(C)S(=O)(=O)c2ccc(C(F)(F)F)cc2)CC1. The van der Waals surface area contributed by atoms with Crippen LogP contribution in [0.15, 0.2) is 29.2 Å². The molecule has 0 spiro atoms. The van der Waals surface area contributed by atoms with Crippen LogP contribution < -0.4 is 0 Å². The summed E-state index contributed by atoms with van der Waals surface area (Å²) >= 11 is 0. The number of likely N-dealkylation sites (N-methyl/N-ethyl adjacent to an activating group) is 1. The number of carbonyl (C=O) groups excluding carboxylic acids is 1. The molecule has 1 aromatic carbocycles. The van der Waals surface area contributed by atoms with E-state index >= 15 is 0 Å². The molecule has 1 aliphatic carbocycles. The molecule has 0 amide bonds. The zero-order valence-corrected chi connectivity index (χ0v) is 22.2. The van der Waals surface area contributed by atoms with E-state index in [9.17, 15) is 26.4 Å². The monoisotopic (exact) mass is 536 g/mol. The highest BCUT2D eigenvalue weighted by Crippen LogP contribution is 2.32. The summed E-state index contributed by atoms with van der Waals surface area (Å²) in [6.45, 7) is 4.00. The molecule has 0 saturated heterocycles. The van der Waals surface area contributed by atoms with Crippen LogP contribution in [0.5, 0.6) is 0 Å². The largest absolute Gasteiger partial charge is 0.465 e. The number of ether oxygens (including phenoxy) is 2. The molecule has 1 aromatic rings. The van der Waals surface area contributed by atoms with Gasteiger partial charge in [0.15, 0.2) is 0 Å². The van der Waals surface area contributed by atoms with Gasteiger partial charge in [-0.05, 0) is 83.3 Å². The Morgan fingerprint density at radius 1 is 1.00 bits per heavy atom. The number of hydrogen-bond donors (Lipinski definition) is 0. The Morgan fingerprint density at radius 2 is 1.61 bits per heavy atom. The highest BCUT2D eigenvalue weighted by Gasteiger charge is 2.34. The highest BCUT2D eigenvalue weighted by atomic mass is 32.2. The number of unbranched alkanes of at least 4 members (excludes halogenated alkanes) is 3. The molecule has 0 bridgehead atoms. The lowest BCUT2D eigenvalue weighted by Crippen LogP contribution is -2.40. The zero-order chi connectivity index (χ0) is 26.8. The van der Waals surface area contributed by atoms with Crippen molar-refractivity contribution in [3.63, 3.8) is 0 Å². The van der Waals surface area contributed by atoms with Crippen LogP contribution in [0.25, 0.3) is 0 Å². The first-order valence-corrected chi connectivity index (χ1v) is 14.0. The summed E-state index contributed by atoms with van der Waals surface area (Å²) in [6.07, 6.45) is 2.42. The second-order valence-electron chi connectivity index (χ2n) is 9.30. The lowest BCUT2D eigenvalue weighted by molar-refractivity contribution is -0.144. The molecule has 0 radical (unpaired) electrons. The number of esters is 1. The summed E-state index contributed by atoms with van der Waals surface area (Å²) in [4.78, 5) is 13.3. The lowest BCUT2D eigenvalue weighted by Gasteiger charge is -2.34. The molecular weight excluding hydrogens is 497 g/mol. The van der Waals surface area contributed by atoms with Gasteiger partial charge in [0, 0.05) is 19.7 Å². The zero-order valence-electron chi connectivity index (χ0n) is 21.4. The van der Waals surface area contributed by atoms with Gasteiger partial charge in [0.2, 0.25) is 10.0 Å². The molecule has 36 heavy (non-hydrogen) atoms. The van der Waals surface area contributed by atoms with E-state index in [0.29, 0.717) is 32.6 Å². The molecule has 2 rings (SSSR count). The van der Waals surface area contributed by atoms with Crippen molar-refractivity contribution in [2.45, 2.75) is 81.5 Å². The van der Waals surface area contributed by atoms with Crippen LogP contribution in [0.4, 0.5) is 13.2 Å². The molecule has 1 fully saturated rings. The predicted molar refractivity (Wildman–Crippen MR) is 131 cm³/mol. The maximum atomic E-state index is 12.9. The third-order valence-corrected chi connectivity index (χ3v) is 8.43. The quantitative estimate of drug-likeness (QED) is 0.253. The number of carbonyl (C=O) groups is 1. The van der Waals surface area contributed by atoms with Crippen molar-refractivity contribution in [3.05, 3.63) is 29.8 Å². The van der Waals surface area contributed by atoms with Crippen LogP contribution in [0, 0.1) is 0 Å². The second-order valence-corrected chi connectivity index (χ2v) is 11.3. The summed E-state index contributed by atoms with van der Waals surface area (Å²) < 4.78 is 76.3. The fourth-order valence-electron chi connectivity index (χ4n) is 4.35. The molecule has 1 aliphatic rings. The summed E-state index contributed by atoms with van der Waals surface area (Å²) in [7, 11) is -0.474. The van der Waals surface area contributed by atoms with E-state index in [0.717, 1.165) is 69.3 Å². The number of hydrogen-bond acceptors (Lipinski definition) is 6. The average molecular weight is 537 g/mol. The first-order chi connectivity index (χ1) is 16.9. The fraction of sp³-hybridized carbons (Fsp3) is 0.720. The van der Waals surface area contributed by atoms with Gasteiger partial charge in [0.05, 0.1) is 29.7 Å². The Labute approximate surface area is 213 Å². The number of nitrogens with zero attached hydrogens (tertiary/aromatic N) is 2. The molecule has 0 N–H and O–H groups in total. The Morgan fingerprint density at radius 3 is 2.19 bits per heavy atom. The van der Waals surface area contributed by atoms with E-state index in [1.165, 1.54) is 11.4 Å². The Hall–Kier alpha value is -1.69. The van der Waals surface area contributed by atoms with Crippen LogP contribution in [0.1, 0.15) is 63.9 Å². The van der Waals surface area contributed by atoms with Gasteiger partial charge >= 0.3 is 12.1 Å². The van der Waals surface area contributed by atoms with Crippen molar-refractivity contribution >= 4 is 16.0 Å². The van der Waals surface area contributed by atoms with Crippen LogP contribution in [-0.2, 0) is 30.5 Å². The third kappa shape index (κ3) is 9.64. The van der Waals surface area contributed by atoms with Gasteiger partial charge in [0.1, 0.15) is 0 Å². The van der Waals surface area contributed by atoms with Crippen molar-refractivity contribution in [2.24, 2.45) is 0 Å². The smallest absolute Gasteiger partial charge is 0.416 e. The minimum atomic E-state index is -4.51. The van der Waals surface area contributed by atoms with Gasteiger partial charge in [-0.15, -0.1) is 0 Å². The van der Waals surface area contributed by atoms with E-state index < -0.39 is 21.8 Å². The van der Waals surface area contributed by atoms with Gasteiger partial charge in [-0.3, -0.25) is 9.69 Å². The molecular formula is C25H39F3N2O5S. The van der Waals surface area contributed by atoms with E-state index in [2.05, 4.69) is 0 Å². The molecule has 0 aromatic heterocycles. The van der Waals surface area contributed by atoms with Crippen LogP contribution in [0.3, 0.4) is 0 Å². The Balaban J connectivity index is 1.64. The Bertz CT molecular complexity index is 901. The van der Waals surface area contributed by atoms with Gasteiger partial charge in [-0.1, -0.05) is 12.8 Å². The van der Waals surface area contributed by atoms with Crippen LogP contribution >= 0.6 is 0 Å². The van der Waals surface area contributed by atoms with Gasteiger partial charge in [0.25, 0.3) is 0 Å². The second kappa shape index (κ2) is 14.3. The molecule has 1 saturated carbocycles. The molecule has 0 aliphatic heterocycles. The van der Waals surface area contributed by atoms with Crippen molar-refractivity contribution in [3.8, 4) is 0 Å². The summed E-state index contributed by atoms with van der Waals surface area (Å²) in [5.74, 6) is -0.202. The minimum absolute atomic E-state index is 0.0964. The molecule has 0 unspecified atom stereocenters. The third-order valence-electron chi connectivity index (χ3n) is 6.51. The molecule has 206 valence electrons. The summed E-state index contributed by atoms with van der Waals surface area (Å²) in [5.41, 5.74) is -0.872. The number of alkyl halides is 3. The lowest BCUT2D eigenvalue weighted by atomic mass is 9.93. The van der Waals surface area contributed by atoms with Crippen molar-refractivity contribution in [1.82, 2.24) is 9.21 Å². The highest BCUT2D eigenvalue weighted by molar-refractivity contribution is 7.89. The summed E-state index contributed by atoms with van der Waals surface area (Å²) in [5, 5.41) is 0.